The smallest absolute Gasteiger partial charge is 0.216 e. The highest BCUT2D eigenvalue weighted by molar-refractivity contribution is 7.91. The fourth-order valence-corrected chi connectivity index (χ4v) is 4.16. The topological polar surface area (TPSA) is 107 Å². The van der Waals surface area contributed by atoms with Crippen LogP contribution in [0.25, 0.3) is 0 Å². The first-order valence-electron chi connectivity index (χ1n) is 6.96. The predicted molar refractivity (Wildman–Crippen MR) is 79.2 cm³/mol. The van der Waals surface area contributed by atoms with Gasteiger partial charge in [-0.2, -0.15) is 0 Å². The molecule has 1 aliphatic rings. The maximum Gasteiger partial charge on any atom is 0.216 e. The van der Waals surface area contributed by atoms with Crippen LogP contribution in [-0.4, -0.2) is 37.0 Å². The van der Waals surface area contributed by atoms with Gasteiger partial charge < -0.3 is 4.74 Å². The van der Waals surface area contributed by atoms with E-state index in [1.807, 2.05) is 0 Å². The van der Waals surface area contributed by atoms with Crippen molar-refractivity contribution in [2.45, 2.75) is 37.0 Å². The van der Waals surface area contributed by atoms with E-state index in [2.05, 4.69) is 15.4 Å². The molecule has 1 saturated carbocycles. The van der Waals surface area contributed by atoms with E-state index < -0.39 is 9.84 Å². The molecule has 0 radical (unpaired) electrons. The fraction of sp³-hybridized carbons (Fsp3) is 0.692. The third-order valence-corrected chi connectivity index (χ3v) is 5.75. The molecule has 0 bridgehead atoms. The maximum absolute atomic E-state index is 11.8. The van der Waals surface area contributed by atoms with Crippen molar-refractivity contribution in [1.29, 1.82) is 0 Å². The van der Waals surface area contributed by atoms with Gasteiger partial charge >= 0.3 is 0 Å². The fourth-order valence-electron chi connectivity index (χ4n) is 2.97. The number of hydrogen-bond donors (Lipinski definition) is 2. The Labute approximate surface area is 125 Å². The number of methoxy groups -OCH3 is 1. The molecule has 1 aromatic heterocycles. The minimum Gasteiger partial charge on any atom is -0.481 e. The van der Waals surface area contributed by atoms with Gasteiger partial charge in [0.15, 0.2) is 0 Å². The molecule has 1 aliphatic carbocycles. The number of hydrogen-bond acceptors (Lipinski definition) is 7. The minimum absolute atomic E-state index is 0.128. The molecule has 8 heteroatoms. The normalized spacial score (nSPS) is 24.5. The second-order valence-corrected chi connectivity index (χ2v) is 7.83. The molecular weight excluding hydrogens is 292 g/mol. The summed E-state index contributed by atoms with van der Waals surface area (Å²) in [4.78, 5) is 8.21. The van der Waals surface area contributed by atoms with Gasteiger partial charge in [0.05, 0.1) is 24.1 Å². The van der Waals surface area contributed by atoms with Crippen LogP contribution in [0.2, 0.25) is 0 Å². The van der Waals surface area contributed by atoms with E-state index in [4.69, 9.17) is 10.6 Å². The van der Waals surface area contributed by atoms with Crippen molar-refractivity contribution in [3.63, 3.8) is 0 Å². The molecule has 0 amide bonds. The summed E-state index contributed by atoms with van der Waals surface area (Å²) in [6.45, 7) is 0. The van der Waals surface area contributed by atoms with Gasteiger partial charge in [-0.1, -0.05) is 6.42 Å². The second kappa shape index (κ2) is 6.67. The molecular formula is C13H22N4O3S. The first-order valence-corrected chi connectivity index (χ1v) is 8.92. The van der Waals surface area contributed by atoms with Crippen LogP contribution in [0.1, 0.15) is 37.4 Å². The number of sulfone groups is 1. The van der Waals surface area contributed by atoms with Crippen molar-refractivity contribution >= 4 is 9.84 Å². The van der Waals surface area contributed by atoms with Crippen LogP contribution in [-0.2, 0) is 9.84 Å². The summed E-state index contributed by atoms with van der Waals surface area (Å²) in [6, 6.07) is 1.53. The third-order valence-electron chi connectivity index (χ3n) is 4.11. The lowest BCUT2D eigenvalue weighted by Gasteiger charge is -2.33. The lowest BCUT2D eigenvalue weighted by Crippen LogP contribution is -2.38. The average molecular weight is 314 g/mol. The van der Waals surface area contributed by atoms with Gasteiger partial charge in [0.2, 0.25) is 5.88 Å². The molecule has 21 heavy (non-hydrogen) atoms. The summed E-state index contributed by atoms with van der Waals surface area (Å²) in [7, 11) is -1.48. The zero-order valence-electron chi connectivity index (χ0n) is 12.3. The van der Waals surface area contributed by atoms with Crippen molar-refractivity contribution in [3.8, 4) is 5.88 Å². The Morgan fingerprint density at radius 3 is 2.81 bits per heavy atom. The summed E-state index contributed by atoms with van der Waals surface area (Å²) >= 11 is 0. The van der Waals surface area contributed by atoms with Gasteiger partial charge in [0.25, 0.3) is 0 Å². The molecule has 3 unspecified atom stereocenters. The standard InChI is InChI=1S/C13H22N4O3S/c1-20-12-7-11(15-8-16-12)13(17-14)9-4-3-5-10(6-9)21(2,18)19/h7-10,13,17H,3-6,14H2,1-2H3. The summed E-state index contributed by atoms with van der Waals surface area (Å²) in [6.07, 6.45) is 5.85. The van der Waals surface area contributed by atoms with Crippen molar-refractivity contribution in [1.82, 2.24) is 15.4 Å². The summed E-state index contributed by atoms with van der Waals surface area (Å²) in [5.74, 6) is 6.28. The maximum atomic E-state index is 11.8. The number of ether oxygens (including phenoxy) is 1. The van der Waals surface area contributed by atoms with E-state index in [0.29, 0.717) is 12.3 Å². The van der Waals surface area contributed by atoms with Crippen molar-refractivity contribution in [3.05, 3.63) is 18.1 Å². The number of aromatic nitrogens is 2. The van der Waals surface area contributed by atoms with Gasteiger partial charge in [0, 0.05) is 12.3 Å². The molecule has 3 atom stereocenters. The molecule has 1 heterocycles. The first kappa shape index (κ1) is 16.1. The molecule has 0 saturated heterocycles. The van der Waals surface area contributed by atoms with E-state index in [0.717, 1.165) is 25.0 Å². The number of hydrazine groups is 1. The van der Waals surface area contributed by atoms with Gasteiger partial charge in [-0.15, -0.1) is 0 Å². The largest absolute Gasteiger partial charge is 0.481 e. The molecule has 7 nitrogen and oxygen atoms in total. The van der Waals surface area contributed by atoms with E-state index in [1.165, 1.54) is 19.7 Å². The van der Waals surface area contributed by atoms with Crippen molar-refractivity contribution in [2.75, 3.05) is 13.4 Å². The predicted octanol–water partition coefficient (Wildman–Crippen LogP) is 0.593. The van der Waals surface area contributed by atoms with E-state index in [-0.39, 0.29) is 17.2 Å². The zero-order chi connectivity index (χ0) is 15.5. The molecule has 0 spiro atoms. The third kappa shape index (κ3) is 3.90. The summed E-state index contributed by atoms with van der Waals surface area (Å²) in [5.41, 5.74) is 3.50. The highest BCUT2D eigenvalue weighted by atomic mass is 32.2. The van der Waals surface area contributed by atoms with Crippen LogP contribution in [0.15, 0.2) is 12.4 Å². The lowest BCUT2D eigenvalue weighted by atomic mass is 9.82. The Balaban J connectivity index is 2.20. The quantitative estimate of drug-likeness (QED) is 0.605. The SMILES string of the molecule is COc1cc(C(NN)C2CCCC(S(C)(=O)=O)C2)ncn1. The van der Waals surface area contributed by atoms with E-state index in [1.54, 1.807) is 6.07 Å². The minimum atomic E-state index is -3.02. The van der Waals surface area contributed by atoms with E-state index >= 15 is 0 Å². The monoisotopic (exact) mass is 314 g/mol. The van der Waals surface area contributed by atoms with Gasteiger partial charge in [-0.25, -0.2) is 18.4 Å². The Bertz CT molecular complexity index is 579. The van der Waals surface area contributed by atoms with Gasteiger partial charge in [0.1, 0.15) is 16.2 Å². The number of nitrogens with one attached hydrogen (secondary N) is 1. The highest BCUT2D eigenvalue weighted by Crippen LogP contribution is 2.36. The van der Waals surface area contributed by atoms with Gasteiger partial charge in [-0.05, 0) is 25.2 Å². The summed E-state index contributed by atoms with van der Waals surface area (Å²) < 4.78 is 28.7. The highest BCUT2D eigenvalue weighted by Gasteiger charge is 2.34. The number of nitrogens with two attached hydrogens (primary N) is 1. The molecule has 0 aliphatic heterocycles. The molecule has 1 aromatic rings. The number of rotatable bonds is 5. The molecule has 0 aromatic carbocycles. The summed E-state index contributed by atoms with van der Waals surface area (Å²) in [5, 5.41) is -0.296. The molecule has 3 N–H and O–H groups in total. The van der Waals surface area contributed by atoms with E-state index in [9.17, 15) is 8.42 Å². The number of nitrogens with zero attached hydrogens (tertiary/aromatic N) is 2. The van der Waals surface area contributed by atoms with Crippen LogP contribution < -0.4 is 16.0 Å². The second-order valence-electron chi connectivity index (χ2n) is 5.51. The molecule has 1 fully saturated rings. The van der Waals surface area contributed by atoms with Gasteiger partial charge in [-0.3, -0.25) is 11.3 Å². The van der Waals surface area contributed by atoms with Crippen LogP contribution in [0, 0.1) is 5.92 Å². The van der Waals surface area contributed by atoms with Crippen LogP contribution >= 0.6 is 0 Å². The Morgan fingerprint density at radius 1 is 1.43 bits per heavy atom. The lowest BCUT2D eigenvalue weighted by molar-refractivity contribution is 0.269. The zero-order valence-corrected chi connectivity index (χ0v) is 13.1. The van der Waals surface area contributed by atoms with Crippen LogP contribution in [0.5, 0.6) is 5.88 Å². The van der Waals surface area contributed by atoms with Crippen molar-refractivity contribution < 1.29 is 13.2 Å². The average Bonchev–Trinajstić information content (AvgIpc) is 2.48. The van der Waals surface area contributed by atoms with Crippen molar-refractivity contribution in [2.24, 2.45) is 11.8 Å². The Kier molecular flexibility index (Phi) is 5.13. The molecule has 118 valence electrons. The Hall–Kier alpha value is -1.25. The molecule has 2 rings (SSSR count). The van der Waals surface area contributed by atoms with Crippen LogP contribution in [0.3, 0.4) is 0 Å². The first-order chi connectivity index (χ1) is 9.95. The van der Waals surface area contributed by atoms with Crippen LogP contribution in [0.4, 0.5) is 0 Å². The Morgan fingerprint density at radius 2 is 2.19 bits per heavy atom.